The van der Waals surface area contributed by atoms with E-state index in [0.29, 0.717) is 5.92 Å². The van der Waals surface area contributed by atoms with Crippen LogP contribution in [-0.2, 0) is 11.2 Å². The summed E-state index contributed by atoms with van der Waals surface area (Å²) in [6.07, 6.45) is 0.341. The zero-order valence-corrected chi connectivity index (χ0v) is 16.5. The number of benzene rings is 2. The molecule has 0 fully saturated rings. The molecule has 0 radical (unpaired) electrons. The summed E-state index contributed by atoms with van der Waals surface area (Å²) in [5.74, 6) is 0.397. The van der Waals surface area contributed by atoms with Crippen molar-refractivity contribution in [2.75, 3.05) is 7.05 Å². The average Bonchev–Trinajstić information content (AvgIpc) is 2.66. The van der Waals surface area contributed by atoms with Crippen molar-refractivity contribution in [2.45, 2.75) is 52.2 Å². The maximum absolute atomic E-state index is 12.9. The molecule has 0 aliphatic carbocycles. The van der Waals surface area contributed by atoms with Gasteiger partial charge in [-0.1, -0.05) is 68.4 Å². The molecule has 0 heterocycles. The summed E-state index contributed by atoms with van der Waals surface area (Å²) in [7, 11) is 1.77. The lowest BCUT2D eigenvalue weighted by atomic mass is 9.95. The Morgan fingerprint density at radius 1 is 0.923 bits per heavy atom. The summed E-state index contributed by atoms with van der Waals surface area (Å²) < 4.78 is 0. The zero-order chi connectivity index (χ0) is 19.3. The fourth-order valence-electron chi connectivity index (χ4n) is 3.20. The van der Waals surface area contributed by atoms with Crippen LogP contribution in [0.15, 0.2) is 54.6 Å². The van der Waals surface area contributed by atoms with Gasteiger partial charge in [-0.05, 0) is 42.9 Å². The quantitative estimate of drug-likeness (QED) is 0.792. The standard InChI is InChI=1S/C23H31NO2/c1-16(2)15-19-11-13-20(14-12-19)17(3)23(26)24(5)18(4)22(25)21-9-7-6-8-10-21/h6-14,16-18,22,25H,15H2,1-5H3. The third-order valence-corrected chi connectivity index (χ3v) is 5.05. The maximum atomic E-state index is 12.9. The zero-order valence-electron chi connectivity index (χ0n) is 16.5. The van der Waals surface area contributed by atoms with Crippen molar-refractivity contribution in [3.05, 3.63) is 71.3 Å². The predicted molar refractivity (Wildman–Crippen MR) is 107 cm³/mol. The molecule has 0 aliphatic heterocycles. The first-order chi connectivity index (χ1) is 12.3. The molecule has 3 nitrogen and oxygen atoms in total. The highest BCUT2D eigenvalue weighted by Gasteiger charge is 2.27. The van der Waals surface area contributed by atoms with E-state index in [2.05, 4.69) is 26.0 Å². The second kappa shape index (κ2) is 9.00. The Labute approximate surface area is 157 Å². The predicted octanol–water partition coefficient (Wildman–Crippen LogP) is 4.57. The summed E-state index contributed by atoms with van der Waals surface area (Å²) in [6, 6.07) is 17.5. The van der Waals surface area contributed by atoms with Gasteiger partial charge in [-0.15, -0.1) is 0 Å². The summed E-state index contributed by atoms with van der Waals surface area (Å²) in [5, 5.41) is 10.6. The monoisotopic (exact) mass is 353 g/mol. The minimum atomic E-state index is -0.703. The molecule has 2 rings (SSSR count). The van der Waals surface area contributed by atoms with Gasteiger partial charge in [0, 0.05) is 7.05 Å². The lowest BCUT2D eigenvalue weighted by Gasteiger charge is -2.31. The Bertz CT molecular complexity index is 694. The molecule has 140 valence electrons. The number of nitrogens with zero attached hydrogens (tertiary/aromatic N) is 1. The highest BCUT2D eigenvalue weighted by atomic mass is 16.3. The second-order valence-electron chi connectivity index (χ2n) is 7.61. The van der Waals surface area contributed by atoms with Gasteiger partial charge in [-0.3, -0.25) is 4.79 Å². The Balaban J connectivity index is 2.06. The van der Waals surface area contributed by atoms with Crippen molar-refractivity contribution < 1.29 is 9.90 Å². The number of hydrogen-bond donors (Lipinski definition) is 1. The van der Waals surface area contributed by atoms with Gasteiger partial charge >= 0.3 is 0 Å². The van der Waals surface area contributed by atoms with Gasteiger partial charge in [0.25, 0.3) is 0 Å². The Kier molecular flexibility index (Phi) is 6.98. The summed E-state index contributed by atoms with van der Waals surface area (Å²) in [5.41, 5.74) is 3.13. The minimum absolute atomic E-state index is 0.0177. The van der Waals surface area contributed by atoms with Gasteiger partial charge in [0.1, 0.15) is 0 Å². The Morgan fingerprint density at radius 3 is 2.04 bits per heavy atom. The second-order valence-corrected chi connectivity index (χ2v) is 7.61. The van der Waals surface area contributed by atoms with Crippen LogP contribution in [-0.4, -0.2) is 29.0 Å². The van der Waals surface area contributed by atoms with E-state index < -0.39 is 6.10 Å². The number of rotatable bonds is 7. The number of carbonyl (C=O) groups excluding carboxylic acids is 1. The van der Waals surface area contributed by atoms with E-state index in [4.69, 9.17) is 0 Å². The van der Waals surface area contributed by atoms with E-state index in [1.807, 2.05) is 56.3 Å². The summed E-state index contributed by atoms with van der Waals surface area (Å²) in [6.45, 7) is 8.22. The Hall–Kier alpha value is -2.13. The van der Waals surface area contributed by atoms with Crippen molar-refractivity contribution in [1.82, 2.24) is 4.90 Å². The van der Waals surface area contributed by atoms with E-state index in [9.17, 15) is 9.90 Å². The van der Waals surface area contributed by atoms with Crippen LogP contribution in [0.1, 0.15) is 56.4 Å². The first-order valence-corrected chi connectivity index (χ1v) is 9.39. The van der Waals surface area contributed by atoms with Gasteiger partial charge < -0.3 is 10.0 Å². The van der Waals surface area contributed by atoms with Crippen molar-refractivity contribution in [3.63, 3.8) is 0 Å². The molecule has 0 spiro atoms. The van der Waals surface area contributed by atoms with Crippen LogP contribution in [0.4, 0.5) is 0 Å². The molecular formula is C23H31NO2. The largest absolute Gasteiger partial charge is 0.386 e. The number of amides is 1. The van der Waals surface area contributed by atoms with E-state index >= 15 is 0 Å². The highest BCUT2D eigenvalue weighted by molar-refractivity contribution is 5.83. The van der Waals surface area contributed by atoms with Crippen LogP contribution in [0.3, 0.4) is 0 Å². The minimum Gasteiger partial charge on any atom is -0.386 e. The molecule has 1 amide bonds. The molecule has 3 unspecified atom stereocenters. The first-order valence-electron chi connectivity index (χ1n) is 9.39. The van der Waals surface area contributed by atoms with Gasteiger partial charge in [0.15, 0.2) is 0 Å². The average molecular weight is 354 g/mol. The molecule has 2 aromatic rings. The highest BCUT2D eigenvalue weighted by Crippen LogP contribution is 2.24. The molecule has 0 aliphatic rings. The Morgan fingerprint density at radius 2 is 1.50 bits per heavy atom. The molecule has 0 saturated carbocycles. The third-order valence-electron chi connectivity index (χ3n) is 5.05. The van der Waals surface area contributed by atoms with Gasteiger partial charge in [0.2, 0.25) is 5.91 Å². The molecule has 2 aromatic carbocycles. The molecule has 0 aromatic heterocycles. The van der Waals surface area contributed by atoms with E-state index in [1.54, 1.807) is 11.9 Å². The summed E-state index contributed by atoms with van der Waals surface area (Å²) >= 11 is 0. The van der Waals surface area contributed by atoms with Crippen LogP contribution >= 0.6 is 0 Å². The van der Waals surface area contributed by atoms with Crippen molar-refractivity contribution in [3.8, 4) is 0 Å². The van der Waals surface area contributed by atoms with Crippen LogP contribution in [0.2, 0.25) is 0 Å². The summed E-state index contributed by atoms with van der Waals surface area (Å²) in [4.78, 5) is 14.6. The fourth-order valence-corrected chi connectivity index (χ4v) is 3.20. The van der Waals surface area contributed by atoms with Crippen molar-refractivity contribution >= 4 is 5.91 Å². The van der Waals surface area contributed by atoms with Crippen LogP contribution in [0.5, 0.6) is 0 Å². The van der Waals surface area contributed by atoms with E-state index in [0.717, 1.165) is 17.5 Å². The van der Waals surface area contributed by atoms with E-state index in [-0.39, 0.29) is 17.9 Å². The number of hydrogen-bond acceptors (Lipinski definition) is 2. The lowest BCUT2D eigenvalue weighted by Crippen LogP contribution is -2.41. The lowest BCUT2D eigenvalue weighted by molar-refractivity contribution is -0.135. The topological polar surface area (TPSA) is 40.5 Å². The molecule has 0 saturated heterocycles. The van der Waals surface area contributed by atoms with Gasteiger partial charge in [-0.25, -0.2) is 0 Å². The first kappa shape index (κ1) is 20.2. The smallest absolute Gasteiger partial charge is 0.229 e. The van der Waals surface area contributed by atoms with E-state index in [1.165, 1.54) is 5.56 Å². The number of likely N-dealkylation sites (N-methyl/N-ethyl adjacent to an activating group) is 1. The number of aliphatic hydroxyl groups is 1. The third kappa shape index (κ3) is 4.95. The number of carbonyl (C=O) groups is 1. The molecule has 0 bridgehead atoms. The van der Waals surface area contributed by atoms with Crippen LogP contribution < -0.4 is 0 Å². The molecule has 26 heavy (non-hydrogen) atoms. The van der Waals surface area contributed by atoms with Crippen molar-refractivity contribution in [2.24, 2.45) is 5.92 Å². The molecule has 3 heteroatoms. The fraction of sp³-hybridized carbons (Fsp3) is 0.435. The van der Waals surface area contributed by atoms with Gasteiger partial charge in [0.05, 0.1) is 18.1 Å². The van der Waals surface area contributed by atoms with Crippen LogP contribution in [0.25, 0.3) is 0 Å². The molecule has 3 atom stereocenters. The molecule has 1 N–H and O–H groups in total. The number of aliphatic hydroxyl groups excluding tert-OH is 1. The molecular weight excluding hydrogens is 322 g/mol. The SMILES string of the molecule is CC(C)Cc1ccc(C(C)C(=O)N(C)C(C)C(O)c2ccccc2)cc1. The van der Waals surface area contributed by atoms with Gasteiger partial charge in [-0.2, -0.15) is 0 Å². The van der Waals surface area contributed by atoms with Crippen LogP contribution in [0, 0.1) is 5.92 Å². The maximum Gasteiger partial charge on any atom is 0.229 e. The van der Waals surface area contributed by atoms with Crippen molar-refractivity contribution in [1.29, 1.82) is 0 Å². The normalized spacial score (nSPS) is 14.7.